The molecule has 1 amide bonds. The molecule has 2 rings (SSSR count). The first-order chi connectivity index (χ1) is 9.70. The average molecular weight is 326 g/mol. The summed E-state index contributed by atoms with van der Waals surface area (Å²) in [4.78, 5) is 13.8. The largest absolute Gasteiger partial charge is 0.351 e. The Morgan fingerprint density at radius 2 is 2.20 bits per heavy atom. The Hall–Kier alpha value is -0.970. The van der Waals surface area contributed by atoms with Crippen molar-refractivity contribution in [2.45, 2.75) is 6.42 Å². The molecule has 0 unspecified atom stereocenters. The summed E-state index contributed by atoms with van der Waals surface area (Å²) in [5.74, 6) is 1.07. The molecule has 0 aliphatic carbocycles. The Bertz CT molecular complexity index is 583. The van der Waals surface area contributed by atoms with Gasteiger partial charge in [0.05, 0.1) is 4.88 Å². The molecule has 5 heteroatoms. The van der Waals surface area contributed by atoms with Crippen LogP contribution in [0.15, 0.2) is 36.4 Å². The number of hydrogen-bond donors (Lipinski definition) is 1. The molecule has 1 N–H and O–H groups in total. The molecule has 1 heterocycles. The zero-order valence-corrected chi connectivity index (χ0v) is 13.6. The summed E-state index contributed by atoms with van der Waals surface area (Å²) < 4.78 is 0. The lowest BCUT2D eigenvalue weighted by Crippen LogP contribution is -2.23. The van der Waals surface area contributed by atoms with Crippen molar-refractivity contribution in [3.63, 3.8) is 0 Å². The Balaban J connectivity index is 2.00. The molecule has 0 atom stereocenters. The zero-order chi connectivity index (χ0) is 14.4. The molecular formula is C15H16ClNOS2. The predicted octanol–water partition coefficient (Wildman–Crippen LogP) is 4.55. The standard InChI is InChI=1S/C15H16ClNOS2/c1-19-9-3-8-17-15(18)14-7-6-13(20-14)11-4-2-5-12(16)10-11/h2,4-7,10H,3,8-9H2,1H3,(H,17,18). The number of halogens is 1. The van der Waals surface area contributed by atoms with Gasteiger partial charge in [0.2, 0.25) is 0 Å². The minimum absolute atomic E-state index is 0.00406. The van der Waals surface area contributed by atoms with Crippen LogP contribution < -0.4 is 5.32 Å². The van der Waals surface area contributed by atoms with Crippen molar-refractivity contribution in [2.24, 2.45) is 0 Å². The Labute approximate surface area is 132 Å². The van der Waals surface area contributed by atoms with Crippen LogP contribution in [0.2, 0.25) is 5.02 Å². The molecule has 1 aromatic heterocycles. The van der Waals surface area contributed by atoms with Crippen LogP contribution in [0.5, 0.6) is 0 Å². The van der Waals surface area contributed by atoms with Gasteiger partial charge < -0.3 is 5.32 Å². The number of carbonyl (C=O) groups excluding carboxylic acids is 1. The number of amides is 1. The van der Waals surface area contributed by atoms with E-state index in [0.29, 0.717) is 5.02 Å². The molecule has 0 radical (unpaired) electrons. The van der Waals surface area contributed by atoms with Crippen LogP contribution in [0.3, 0.4) is 0 Å². The van der Waals surface area contributed by atoms with Gasteiger partial charge in [-0.15, -0.1) is 11.3 Å². The van der Waals surface area contributed by atoms with Crippen LogP contribution in [0.25, 0.3) is 10.4 Å². The van der Waals surface area contributed by atoms with Gasteiger partial charge >= 0.3 is 0 Å². The highest BCUT2D eigenvalue weighted by atomic mass is 35.5. The average Bonchev–Trinajstić information content (AvgIpc) is 2.93. The Morgan fingerprint density at radius 3 is 2.95 bits per heavy atom. The van der Waals surface area contributed by atoms with E-state index in [-0.39, 0.29) is 5.91 Å². The van der Waals surface area contributed by atoms with Crippen LogP contribution in [0.4, 0.5) is 0 Å². The number of hydrogen-bond acceptors (Lipinski definition) is 3. The number of thiophene rings is 1. The van der Waals surface area contributed by atoms with Gasteiger partial charge in [0.15, 0.2) is 0 Å². The van der Waals surface area contributed by atoms with Crippen LogP contribution in [0, 0.1) is 0 Å². The molecule has 1 aromatic carbocycles. The van der Waals surface area contributed by atoms with Crippen molar-refractivity contribution in [3.8, 4) is 10.4 Å². The predicted molar refractivity (Wildman–Crippen MR) is 90.1 cm³/mol. The molecule has 106 valence electrons. The van der Waals surface area contributed by atoms with Crippen molar-refractivity contribution >= 4 is 40.6 Å². The van der Waals surface area contributed by atoms with E-state index in [2.05, 4.69) is 11.6 Å². The number of nitrogens with one attached hydrogen (secondary N) is 1. The first kappa shape index (κ1) is 15.4. The maximum absolute atomic E-state index is 12.0. The fourth-order valence-electron chi connectivity index (χ4n) is 1.76. The molecule has 20 heavy (non-hydrogen) atoms. The lowest BCUT2D eigenvalue weighted by Gasteiger charge is -2.02. The number of carbonyl (C=O) groups is 1. The summed E-state index contributed by atoms with van der Waals surface area (Å²) in [5, 5.41) is 3.65. The van der Waals surface area contributed by atoms with E-state index in [1.54, 1.807) is 11.8 Å². The van der Waals surface area contributed by atoms with Gasteiger partial charge in [0.25, 0.3) is 5.91 Å². The van der Waals surface area contributed by atoms with E-state index in [1.807, 2.05) is 36.4 Å². The molecule has 0 aliphatic rings. The van der Waals surface area contributed by atoms with Gasteiger partial charge in [0, 0.05) is 16.4 Å². The van der Waals surface area contributed by atoms with E-state index in [0.717, 1.165) is 34.0 Å². The smallest absolute Gasteiger partial charge is 0.261 e. The second-order valence-corrected chi connectivity index (χ2v) is 6.78. The molecule has 0 bridgehead atoms. The van der Waals surface area contributed by atoms with Gasteiger partial charge in [-0.3, -0.25) is 4.79 Å². The van der Waals surface area contributed by atoms with Crippen molar-refractivity contribution in [1.29, 1.82) is 0 Å². The van der Waals surface area contributed by atoms with Crippen LogP contribution in [0.1, 0.15) is 16.1 Å². The second-order valence-electron chi connectivity index (χ2n) is 4.28. The van der Waals surface area contributed by atoms with Gasteiger partial charge in [-0.25, -0.2) is 0 Å². The van der Waals surface area contributed by atoms with E-state index < -0.39 is 0 Å². The van der Waals surface area contributed by atoms with E-state index >= 15 is 0 Å². The molecule has 0 fully saturated rings. The quantitative estimate of drug-likeness (QED) is 0.789. The topological polar surface area (TPSA) is 29.1 Å². The van der Waals surface area contributed by atoms with Crippen molar-refractivity contribution < 1.29 is 4.79 Å². The van der Waals surface area contributed by atoms with Crippen LogP contribution >= 0.6 is 34.7 Å². The first-order valence-corrected chi connectivity index (χ1v) is 8.92. The summed E-state index contributed by atoms with van der Waals surface area (Å²) in [6, 6.07) is 11.5. The van der Waals surface area contributed by atoms with Crippen molar-refractivity contribution in [2.75, 3.05) is 18.6 Å². The Kier molecular flexibility index (Phi) is 5.95. The SMILES string of the molecule is CSCCCNC(=O)c1ccc(-c2cccc(Cl)c2)s1. The maximum Gasteiger partial charge on any atom is 0.261 e. The third kappa shape index (κ3) is 4.27. The number of benzene rings is 1. The normalized spacial score (nSPS) is 10.5. The third-order valence-corrected chi connectivity index (χ3v) is 4.81. The van der Waals surface area contributed by atoms with Gasteiger partial charge in [-0.05, 0) is 48.3 Å². The summed E-state index contributed by atoms with van der Waals surface area (Å²) in [6.07, 6.45) is 3.07. The molecule has 0 spiro atoms. The monoisotopic (exact) mass is 325 g/mol. The van der Waals surface area contributed by atoms with E-state index in [4.69, 9.17) is 11.6 Å². The lowest BCUT2D eigenvalue weighted by atomic mass is 10.2. The molecule has 0 aliphatic heterocycles. The summed E-state index contributed by atoms with van der Waals surface area (Å²) in [5.41, 5.74) is 1.05. The minimum Gasteiger partial charge on any atom is -0.351 e. The lowest BCUT2D eigenvalue weighted by molar-refractivity contribution is 0.0958. The van der Waals surface area contributed by atoms with Crippen molar-refractivity contribution in [1.82, 2.24) is 5.32 Å². The highest BCUT2D eigenvalue weighted by Crippen LogP contribution is 2.29. The summed E-state index contributed by atoms with van der Waals surface area (Å²) in [7, 11) is 0. The van der Waals surface area contributed by atoms with Gasteiger partial charge in [-0.1, -0.05) is 23.7 Å². The molecule has 2 nitrogen and oxygen atoms in total. The van der Waals surface area contributed by atoms with Gasteiger partial charge in [-0.2, -0.15) is 11.8 Å². The summed E-state index contributed by atoms with van der Waals surface area (Å²) >= 11 is 9.27. The fourth-order valence-corrected chi connectivity index (χ4v) is 3.30. The molecule has 0 saturated carbocycles. The fraction of sp³-hybridized carbons (Fsp3) is 0.267. The zero-order valence-electron chi connectivity index (χ0n) is 11.2. The number of thioether (sulfide) groups is 1. The first-order valence-electron chi connectivity index (χ1n) is 6.33. The van der Waals surface area contributed by atoms with E-state index in [9.17, 15) is 4.79 Å². The minimum atomic E-state index is 0.00406. The highest BCUT2D eigenvalue weighted by molar-refractivity contribution is 7.98. The van der Waals surface area contributed by atoms with Crippen molar-refractivity contribution in [3.05, 3.63) is 46.3 Å². The van der Waals surface area contributed by atoms with Gasteiger partial charge in [0.1, 0.15) is 0 Å². The molecule has 0 saturated heterocycles. The summed E-state index contributed by atoms with van der Waals surface area (Å²) in [6.45, 7) is 0.726. The number of rotatable bonds is 6. The Morgan fingerprint density at radius 1 is 1.35 bits per heavy atom. The maximum atomic E-state index is 12.0. The third-order valence-electron chi connectivity index (χ3n) is 2.75. The highest BCUT2D eigenvalue weighted by Gasteiger charge is 2.09. The van der Waals surface area contributed by atoms with E-state index in [1.165, 1.54) is 11.3 Å². The second kappa shape index (κ2) is 7.72. The molecular weight excluding hydrogens is 310 g/mol. The molecule has 2 aromatic rings. The van der Waals surface area contributed by atoms with Crippen LogP contribution in [-0.2, 0) is 0 Å². The van der Waals surface area contributed by atoms with Crippen LogP contribution in [-0.4, -0.2) is 24.5 Å².